The molecule has 24 heavy (non-hydrogen) atoms. The molecule has 128 valence electrons. The van der Waals surface area contributed by atoms with Crippen LogP contribution in [0.1, 0.15) is 23.6 Å². The van der Waals surface area contributed by atoms with Crippen molar-refractivity contribution in [2.24, 2.45) is 5.92 Å². The minimum Gasteiger partial charge on any atom is -0.379 e. The van der Waals surface area contributed by atoms with E-state index in [0.29, 0.717) is 38.2 Å². The van der Waals surface area contributed by atoms with Gasteiger partial charge < -0.3 is 14.6 Å². The fourth-order valence-corrected chi connectivity index (χ4v) is 2.76. The number of aromatic nitrogens is 3. The molecule has 0 unspecified atom stereocenters. The number of amides is 1. The van der Waals surface area contributed by atoms with Crippen LogP contribution in [0.5, 0.6) is 0 Å². The lowest BCUT2D eigenvalue weighted by atomic mass is 9.98. The molecule has 3 heterocycles. The number of rotatable bonds is 6. The zero-order valence-corrected chi connectivity index (χ0v) is 13.4. The van der Waals surface area contributed by atoms with Gasteiger partial charge in [-0.3, -0.25) is 9.59 Å². The second-order valence-electron chi connectivity index (χ2n) is 6.02. The molecule has 8 nitrogen and oxygen atoms in total. The number of ether oxygens (including phenoxy) is 1. The Balaban J connectivity index is 1.49. The number of aromatic amines is 1. The number of hydrogen-bond acceptors (Lipinski definition) is 6. The van der Waals surface area contributed by atoms with Gasteiger partial charge in [0.25, 0.3) is 5.56 Å². The zero-order valence-electron chi connectivity index (χ0n) is 13.4. The Bertz CT molecular complexity index is 734. The quantitative estimate of drug-likeness (QED) is 0.791. The third kappa shape index (κ3) is 4.29. The number of carbonyl (C=O) groups is 1. The highest BCUT2D eigenvalue weighted by Crippen LogP contribution is 2.20. The third-order valence-electron chi connectivity index (χ3n) is 4.03. The van der Waals surface area contributed by atoms with Crippen molar-refractivity contribution in [3.8, 4) is 0 Å². The van der Waals surface area contributed by atoms with E-state index >= 15 is 0 Å². The maximum Gasteiger partial charge on any atom is 0.264 e. The summed E-state index contributed by atoms with van der Waals surface area (Å²) in [4.78, 5) is 23.1. The van der Waals surface area contributed by atoms with Crippen molar-refractivity contribution in [1.29, 1.82) is 0 Å². The summed E-state index contributed by atoms with van der Waals surface area (Å²) in [5, 5.41) is 13.1. The molecule has 1 amide bonds. The second kappa shape index (κ2) is 7.39. The van der Waals surface area contributed by atoms with E-state index in [-0.39, 0.29) is 23.4 Å². The average molecular weight is 332 g/mol. The molecular formula is C16H20N4O4. The molecule has 2 aromatic heterocycles. The fourth-order valence-electron chi connectivity index (χ4n) is 2.76. The minimum absolute atomic E-state index is 0.0357. The smallest absolute Gasteiger partial charge is 0.264 e. The summed E-state index contributed by atoms with van der Waals surface area (Å²) in [6.07, 6.45) is 1.47. The van der Waals surface area contributed by atoms with Crippen LogP contribution in [0.3, 0.4) is 0 Å². The van der Waals surface area contributed by atoms with Gasteiger partial charge >= 0.3 is 0 Å². The van der Waals surface area contributed by atoms with E-state index in [2.05, 4.69) is 20.7 Å². The first-order chi connectivity index (χ1) is 11.6. The van der Waals surface area contributed by atoms with E-state index < -0.39 is 0 Å². The Kier molecular flexibility index (Phi) is 5.05. The highest BCUT2D eigenvalue weighted by molar-refractivity contribution is 5.76. The van der Waals surface area contributed by atoms with E-state index in [1.54, 1.807) is 6.07 Å². The van der Waals surface area contributed by atoms with Gasteiger partial charge in [0, 0.05) is 37.3 Å². The van der Waals surface area contributed by atoms with Crippen molar-refractivity contribution in [3.63, 3.8) is 0 Å². The third-order valence-corrected chi connectivity index (χ3v) is 4.03. The first-order valence-electron chi connectivity index (χ1n) is 7.94. The molecule has 2 atom stereocenters. The molecule has 0 spiro atoms. The number of H-pyrrole nitrogens is 1. The molecule has 0 aliphatic carbocycles. The Morgan fingerprint density at radius 3 is 3.00 bits per heavy atom. The Morgan fingerprint density at radius 1 is 1.42 bits per heavy atom. The summed E-state index contributed by atoms with van der Waals surface area (Å²) in [5.74, 6) is 0.921. The van der Waals surface area contributed by atoms with E-state index in [4.69, 9.17) is 9.26 Å². The van der Waals surface area contributed by atoms with Crippen LogP contribution < -0.4 is 10.9 Å². The van der Waals surface area contributed by atoms with Gasteiger partial charge in [-0.15, -0.1) is 0 Å². The lowest BCUT2D eigenvalue weighted by Crippen LogP contribution is -2.40. The van der Waals surface area contributed by atoms with Crippen LogP contribution in [0.15, 0.2) is 27.5 Å². The molecule has 3 rings (SSSR count). The van der Waals surface area contributed by atoms with Gasteiger partial charge in [-0.1, -0.05) is 5.16 Å². The van der Waals surface area contributed by atoms with E-state index in [1.165, 1.54) is 6.07 Å². The highest BCUT2D eigenvalue weighted by Gasteiger charge is 2.30. The van der Waals surface area contributed by atoms with Crippen LogP contribution in [0, 0.1) is 12.8 Å². The van der Waals surface area contributed by atoms with Crippen molar-refractivity contribution < 1.29 is 14.1 Å². The molecule has 2 aromatic rings. The van der Waals surface area contributed by atoms with Gasteiger partial charge in [0.1, 0.15) is 5.76 Å². The molecule has 1 saturated heterocycles. The van der Waals surface area contributed by atoms with Gasteiger partial charge in [-0.25, -0.2) is 5.10 Å². The molecule has 1 aliphatic heterocycles. The van der Waals surface area contributed by atoms with Crippen molar-refractivity contribution in [2.45, 2.75) is 32.2 Å². The number of carbonyl (C=O) groups excluding carboxylic acids is 1. The van der Waals surface area contributed by atoms with Crippen molar-refractivity contribution in [1.82, 2.24) is 20.7 Å². The normalized spacial score (nSPS) is 20.2. The summed E-state index contributed by atoms with van der Waals surface area (Å²) in [6.45, 7) is 2.97. The maximum atomic E-state index is 12.1. The molecule has 1 aliphatic rings. The Labute approximate surface area is 138 Å². The number of nitrogens with zero attached hydrogens (tertiary/aromatic N) is 2. The molecular weight excluding hydrogens is 312 g/mol. The predicted molar refractivity (Wildman–Crippen MR) is 84.4 cm³/mol. The first-order valence-corrected chi connectivity index (χ1v) is 7.94. The zero-order chi connectivity index (χ0) is 16.9. The Morgan fingerprint density at radius 2 is 2.29 bits per heavy atom. The summed E-state index contributed by atoms with van der Waals surface area (Å²) in [6, 6.07) is 4.89. The molecule has 8 heteroatoms. The number of aryl methyl sites for hydroxylation is 2. The van der Waals surface area contributed by atoms with Crippen LogP contribution >= 0.6 is 0 Å². The molecule has 0 saturated carbocycles. The summed E-state index contributed by atoms with van der Waals surface area (Å²) in [5.41, 5.74) is 1.27. The topological polar surface area (TPSA) is 110 Å². The lowest BCUT2D eigenvalue weighted by Gasteiger charge is -2.17. The first kappa shape index (κ1) is 16.4. The fraction of sp³-hybridized carbons (Fsp3) is 0.500. The van der Waals surface area contributed by atoms with Gasteiger partial charge in [-0.05, 0) is 13.0 Å². The molecule has 0 bridgehead atoms. The standard InChI is InChI=1S/C16H20N4O4/c1-10-6-13(24-20-10)7-11-8-23-9-14(11)17-15(21)4-2-12-3-5-16(22)19-18-12/h3,5-6,11,14H,2,4,7-9H2,1H3,(H,17,21)(H,19,22)/t11-,14+/m1/s1. The molecule has 2 N–H and O–H groups in total. The monoisotopic (exact) mass is 332 g/mol. The largest absolute Gasteiger partial charge is 0.379 e. The molecule has 0 aromatic carbocycles. The van der Waals surface area contributed by atoms with Gasteiger partial charge in [0.2, 0.25) is 5.91 Å². The van der Waals surface area contributed by atoms with Gasteiger partial charge in [0.15, 0.2) is 0 Å². The molecule has 1 fully saturated rings. The maximum absolute atomic E-state index is 12.1. The van der Waals surface area contributed by atoms with E-state index in [1.807, 2.05) is 13.0 Å². The van der Waals surface area contributed by atoms with Gasteiger partial charge in [-0.2, -0.15) is 5.10 Å². The Hall–Kier alpha value is -2.48. The van der Waals surface area contributed by atoms with E-state index in [9.17, 15) is 9.59 Å². The van der Waals surface area contributed by atoms with Crippen molar-refractivity contribution >= 4 is 5.91 Å². The van der Waals surface area contributed by atoms with Crippen molar-refractivity contribution in [3.05, 3.63) is 45.7 Å². The molecule has 0 radical (unpaired) electrons. The minimum atomic E-state index is -0.253. The summed E-state index contributed by atoms with van der Waals surface area (Å²) in [7, 11) is 0. The van der Waals surface area contributed by atoms with Crippen LogP contribution in [-0.2, 0) is 22.4 Å². The number of nitrogens with one attached hydrogen (secondary N) is 2. The summed E-state index contributed by atoms with van der Waals surface area (Å²) < 4.78 is 10.7. The highest BCUT2D eigenvalue weighted by atomic mass is 16.5. The van der Waals surface area contributed by atoms with E-state index in [0.717, 1.165) is 11.5 Å². The summed E-state index contributed by atoms with van der Waals surface area (Å²) >= 11 is 0. The van der Waals surface area contributed by atoms with Crippen LogP contribution in [0.25, 0.3) is 0 Å². The van der Waals surface area contributed by atoms with Gasteiger partial charge in [0.05, 0.1) is 30.6 Å². The van der Waals surface area contributed by atoms with Crippen molar-refractivity contribution in [2.75, 3.05) is 13.2 Å². The van der Waals surface area contributed by atoms with Crippen LogP contribution in [0.4, 0.5) is 0 Å². The lowest BCUT2D eigenvalue weighted by molar-refractivity contribution is -0.122. The van der Waals surface area contributed by atoms with Crippen LogP contribution in [0.2, 0.25) is 0 Å². The number of hydrogen-bond donors (Lipinski definition) is 2. The average Bonchev–Trinajstić information content (AvgIpc) is 3.16. The SMILES string of the molecule is Cc1cc(C[C@@H]2COC[C@@H]2NC(=O)CCc2ccc(=O)[nH]n2)on1. The second-order valence-corrected chi connectivity index (χ2v) is 6.02. The van der Waals surface area contributed by atoms with Crippen LogP contribution in [-0.4, -0.2) is 40.5 Å². The predicted octanol–water partition coefficient (Wildman–Crippen LogP) is 0.373.